The molecule has 3 rings (SSSR count). The van der Waals surface area contributed by atoms with Gasteiger partial charge in [0.25, 0.3) is 0 Å². The molecule has 2 aromatic rings. The lowest BCUT2D eigenvalue weighted by atomic mass is 10.1. The van der Waals surface area contributed by atoms with Gasteiger partial charge in [-0.15, -0.1) is 11.3 Å². The van der Waals surface area contributed by atoms with Crippen LogP contribution in [-0.2, 0) is 16.0 Å². The predicted octanol–water partition coefficient (Wildman–Crippen LogP) is 1.72. The van der Waals surface area contributed by atoms with Gasteiger partial charge in [-0.3, -0.25) is 4.79 Å². The fraction of sp³-hybridized carbons (Fsp3) is 0.611. The van der Waals surface area contributed by atoms with Gasteiger partial charge >= 0.3 is 0 Å². The zero-order valence-electron chi connectivity index (χ0n) is 15.7. The van der Waals surface area contributed by atoms with Gasteiger partial charge in [0.05, 0.1) is 12.0 Å². The van der Waals surface area contributed by atoms with E-state index in [0.29, 0.717) is 32.5 Å². The van der Waals surface area contributed by atoms with Gasteiger partial charge in [0.1, 0.15) is 16.5 Å². The maximum atomic E-state index is 12.1. The van der Waals surface area contributed by atoms with Crippen molar-refractivity contribution in [1.82, 2.24) is 14.9 Å². The molecule has 8 heteroatoms. The summed E-state index contributed by atoms with van der Waals surface area (Å²) in [5.74, 6) is 2.12. The Hall–Kier alpha value is -1.77. The lowest BCUT2D eigenvalue weighted by Gasteiger charge is -2.16. The van der Waals surface area contributed by atoms with Crippen molar-refractivity contribution in [2.24, 2.45) is 11.7 Å². The number of methoxy groups -OCH3 is 1. The Kier molecular flexibility index (Phi) is 6.05. The smallest absolute Gasteiger partial charge is 0.223 e. The number of nitrogens with zero attached hydrogens (tertiary/aromatic N) is 3. The fourth-order valence-corrected chi connectivity index (χ4v) is 4.36. The van der Waals surface area contributed by atoms with E-state index in [2.05, 4.69) is 24.1 Å². The number of ether oxygens (including phenoxy) is 1. The van der Waals surface area contributed by atoms with Gasteiger partial charge in [0, 0.05) is 50.4 Å². The lowest BCUT2D eigenvalue weighted by molar-refractivity contribution is -0.128. The quantitative estimate of drug-likeness (QED) is 0.727. The van der Waals surface area contributed by atoms with Crippen LogP contribution < -0.4 is 11.1 Å². The van der Waals surface area contributed by atoms with Crippen molar-refractivity contribution < 1.29 is 9.53 Å². The van der Waals surface area contributed by atoms with Crippen LogP contribution in [0, 0.1) is 19.8 Å². The lowest BCUT2D eigenvalue weighted by Crippen LogP contribution is -2.29. The average molecular weight is 378 g/mol. The Labute approximate surface area is 157 Å². The van der Waals surface area contributed by atoms with Crippen LogP contribution in [0.25, 0.3) is 10.2 Å². The summed E-state index contributed by atoms with van der Waals surface area (Å²) in [4.78, 5) is 25.6. The van der Waals surface area contributed by atoms with Crippen molar-refractivity contribution in [3.63, 3.8) is 0 Å². The number of thiophene rings is 1. The minimum Gasteiger partial charge on any atom is -0.383 e. The van der Waals surface area contributed by atoms with Gasteiger partial charge in [-0.25, -0.2) is 9.97 Å². The number of fused-ring (bicyclic) bond motifs is 1. The monoisotopic (exact) mass is 377 g/mol. The van der Waals surface area contributed by atoms with E-state index in [9.17, 15) is 4.79 Å². The zero-order chi connectivity index (χ0) is 18.7. The van der Waals surface area contributed by atoms with E-state index >= 15 is 0 Å². The van der Waals surface area contributed by atoms with Crippen LogP contribution >= 0.6 is 11.3 Å². The van der Waals surface area contributed by atoms with Crippen LogP contribution in [0.1, 0.15) is 22.7 Å². The third kappa shape index (κ3) is 3.97. The van der Waals surface area contributed by atoms with Crippen molar-refractivity contribution in [3.8, 4) is 0 Å². The molecule has 1 fully saturated rings. The number of amides is 1. The van der Waals surface area contributed by atoms with Crippen molar-refractivity contribution >= 4 is 33.3 Å². The van der Waals surface area contributed by atoms with Gasteiger partial charge in [-0.05, 0) is 26.0 Å². The summed E-state index contributed by atoms with van der Waals surface area (Å²) in [6.45, 7) is 7.47. The van der Waals surface area contributed by atoms with Gasteiger partial charge < -0.3 is 20.7 Å². The molecule has 3 N–H and O–H groups in total. The highest BCUT2D eigenvalue weighted by Crippen LogP contribution is 2.33. The largest absolute Gasteiger partial charge is 0.383 e. The van der Waals surface area contributed by atoms with Crippen molar-refractivity contribution in [2.45, 2.75) is 26.7 Å². The first-order valence-corrected chi connectivity index (χ1v) is 9.82. The molecule has 0 radical (unpaired) electrons. The molecule has 2 aromatic heterocycles. The van der Waals surface area contributed by atoms with Crippen LogP contribution in [-0.4, -0.2) is 60.7 Å². The molecule has 0 aromatic carbocycles. The molecular weight excluding hydrogens is 350 g/mol. The van der Waals surface area contributed by atoms with Crippen LogP contribution in [0.3, 0.4) is 0 Å². The van der Waals surface area contributed by atoms with Crippen molar-refractivity contribution in [1.29, 1.82) is 0 Å². The van der Waals surface area contributed by atoms with Crippen LogP contribution in [0.15, 0.2) is 0 Å². The molecule has 142 valence electrons. The molecule has 3 heterocycles. The van der Waals surface area contributed by atoms with Gasteiger partial charge in [-0.2, -0.15) is 0 Å². The Morgan fingerprint density at radius 2 is 2.19 bits per heavy atom. The summed E-state index contributed by atoms with van der Waals surface area (Å²) in [5, 5.41) is 4.58. The number of nitrogens with one attached hydrogen (secondary N) is 1. The number of aromatic nitrogens is 2. The summed E-state index contributed by atoms with van der Waals surface area (Å²) >= 11 is 1.69. The summed E-state index contributed by atoms with van der Waals surface area (Å²) in [6, 6.07) is 0. The molecule has 0 aliphatic carbocycles. The van der Waals surface area contributed by atoms with Gasteiger partial charge in [0.15, 0.2) is 0 Å². The van der Waals surface area contributed by atoms with Crippen molar-refractivity contribution in [3.05, 3.63) is 16.3 Å². The fourth-order valence-electron chi connectivity index (χ4n) is 3.31. The van der Waals surface area contributed by atoms with Crippen molar-refractivity contribution in [2.75, 3.05) is 45.2 Å². The number of hydrogen-bond acceptors (Lipinski definition) is 7. The van der Waals surface area contributed by atoms with Gasteiger partial charge in [0.2, 0.25) is 5.91 Å². The van der Waals surface area contributed by atoms with E-state index in [1.54, 1.807) is 18.4 Å². The van der Waals surface area contributed by atoms with Crippen LogP contribution in [0.2, 0.25) is 0 Å². The Balaban J connectivity index is 1.75. The normalized spacial score (nSPS) is 17.5. The van der Waals surface area contributed by atoms with E-state index in [-0.39, 0.29) is 11.8 Å². The van der Waals surface area contributed by atoms with E-state index < -0.39 is 0 Å². The molecule has 1 saturated heterocycles. The second-order valence-corrected chi connectivity index (χ2v) is 7.98. The molecule has 26 heavy (non-hydrogen) atoms. The SMILES string of the molecule is COCCN1CC(CNc2nc(CCN)nc3sc(C)c(C)c23)CC1=O. The highest BCUT2D eigenvalue weighted by atomic mass is 32.1. The molecule has 0 bridgehead atoms. The predicted molar refractivity (Wildman–Crippen MR) is 105 cm³/mol. The Bertz CT molecular complexity index is 791. The number of nitrogens with two attached hydrogens (primary N) is 1. The standard InChI is InChI=1S/C18H27N5O2S/c1-11-12(2)26-18-16(11)17(21-14(22-18)4-5-19)20-9-13-8-15(24)23(10-13)6-7-25-3/h13H,4-10,19H2,1-3H3,(H,20,21,22). The molecule has 0 spiro atoms. The number of carbonyl (C=O) groups is 1. The first-order valence-electron chi connectivity index (χ1n) is 9.00. The molecule has 1 unspecified atom stereocenters. The Morgan fingerprint density at radius 1 is 1.38 bits per heavy atom. The van der Waals surface area contributed by atoms with E-state index in [0.717, 1.165) is 34.9 Å². The number of aryl methyl sites for hydroxylation is 2. The van der Waals surface area contributed by atoms with Gasteiger partial charge in [-0.1, -0.05) is 0 Å². The second kappa shape index (κ2) is 8.28. The molecule has 1 aliphatic rings. The third-order valence-corrected chi connectivity index (χ3v) is 5.96. The maximum absolute atomic E-state index is 12.1. The molecule has 1 amide bonds. The first-order chi connectivity index (χ1) is 12.5. The molecule has 1 atom stereocenters. The summed E-state index contributed by atoms with van der Waals surface area (Å²) in [7, 11) is 1.66. The van der Waals surface area contributed by atoms with Crippen LogP contribution in [0.4, 0.5) is 5.82 Å². The summed E-state index contributed by atoms with van der Waals surface area (Å²) < 4.78 is 5.08. The molecule has 0 saturated carbocycles. The number of carbonyl (C=O) groups excluding carboxylic acids is 1. The number of hydrogen-bond donors (Lipinski definition) is 2. The number of anilines is 1. The van der Waals surface area contributed by atoms with E-state index in [4.69, 9.17) is 15.5 Å². The second-order valence-electron chi connectivity index (χ2n) is 6.77. The molecular formula is C18H27N5O2S. The maximum Gasteiger partial charge on any atom is 0.223 e. The zero-order valence-corrected chi connectivity index (χ0v) is 16.5. The molecule has 1 aliphatic heterocycles. The highest BCUT2D eigenvalue weighted by molar-refractivity contribution is 7.18. The van der Waals surface area contributed by atoms with E-state index in [1.807, 2.05) is 4.90 Å². The first kappa shape index (κ1) is 19.0. The third-order valence-electron chi connectivity index (χ3n) is 4.86. The Morgan fingerprint density at radius 3 is 2.92 bits per heavy atom. The number of likely N-dealkylation sites (tertiary alicyclic amines) is 1. The number of rotatable bonds is 8. The minimum atomic E-state index is 0.202. The summed E-state index contributed by atoms with van der Waals surface area (Å²) in [5.41, 5.74) is 6.90. The minimum absolute atomic E-state index is 0.202. The highest BCUT2D eigenvalue weighted by Gasteiger charge is 2.29. The summed E-state index contributed by atoms with van der Waals surface area (Å²) in [6.07, 6.45) is 1.23. The van der Waals surface area contributed by atoms with Crippen LogP contribution in [0.5, 0.6) is 0 Å². The van der Waals surface area contributed by atoms with E-state index in [1.165, 1.54) is 10.4 Å². The average Bonchev–Trinajstić information content (AvgIpc) is 3.11. The topological polar surface area (TPSA) is 93.4 Å². The molecule has 7 nitrogen and oxygen atoms in total.